The third-order valence-corrected chi connectivity index (χ3v) is 4.75. The molecule has 0 radical (unpaired) electrons. The van der Waals surface area contributed by atoms with Gasteiger partial charge in [0.2, 0.25) is 0 Å². The normalized spacial score (nSPS) is 10.4. The van der Waals surface area contributed by atoms with Gasteiger partial charge in [-0.1, -0.05) is 0 Å². The van der Waals surface area contributed by atoms with E-state index in [4.69, 9.17) is 21.7 Å². The molecule has 0 unspecified atom stereocenters. The van der Waals surface area contributed by atoms with E-state index in [1.54, 1.807) is 29.5 Å². The maximum Gasteiger partial charge on any atom is 0.257 e. The van der Waals surface area contributed by atoms with Crippen LogP contribution >= 0.6 is 23.6 Å². The number of nitrogens with zero attached hydrogens (tertiary/aromatic N) is 1. The molecule has 0 saturated heterocycles. The van der Waals surface area contributed by atoms with E-state index in [0.29, 0.717) is 17.1 Å². The van der Waals surface area contributed by atoms with Crippen LogP contribution in [0.15, 0.2) is 36.4 Å². The van der Waals surface area contributed by atoms with E-state index in [1.165, 1.54) is 14.2 Å². The first kappa shape index (κ1) is 18.1. The molecular formula is C18H17N3O3S2. The number of anilines is 1. The second kappa shape index (κ2) is 7.67. The smallest absolute Gasteiger partial charge is 0.257 e. The molecule has 134 valence electrons. The Morgan fingerprint density at radius 3 is 2.46 bits per heavy atom. The van der Waals surface area contributed by atoms with Crippen molar-refractivity contribution in [1.82, 2.24) is 10.3 Å². The average Bonchev–Trinajstić information content (AvgIpc) is 3.00. The summed E-state index contributed by atoms with van der Waals surface area (Å²) in [5.41, 5.74) is 2.04. The highest BCUT2D eigenvalue weighted by molar-refractivity contribution is 7.80. The van der Waals surface area contributed by atoms with E-state index in [1.807, 2.05) is 25.1 Å². The summed E-state index contributed by atoms with van der Waals surface area (Å²) < 4.78 is 11.5. The van der Waals surface area contributed by atoms with Gasteiger partial charge < -0.3 is 14.8 Å². The highest BCUT2D eigenvalue weighted by atomic mass is 32.1. The van der Waals surface area contributed by atoms with E-state index < -0.39 is 0 Å². The summed E-state index contributed by atoms with van der Waals surface area (Å²) in [5.74, 6) is 0.695. The van der Waals surface area contributed by atoms with Crippen LogP contribution in [0, 0.1) is 6.92 Å². The third kappa shape index (κ3) is 4.09. The van der Waals surface area contributed by atoms with Crippen LogP contribution in [-0.2, 0) is 0 Å². The first-order chi connectivity index (χ1) is 12.5. The van der Waals surface area contributed by atoms with E-state index in [2.05, 4.69) is 15.6 Å². The maximum absolute atomic E-state index is 12.4. The number of thiazole rings is 1. The Morgan fingerprint density at radius 1 is 1.12 bits per heavy atom. The number of ether oxygens (including phenoxy) is 2. The van der Waals surface area contributed by atoms with Crippen molar-refractivity contribution in [2.75, 3.05) is 19.5 Å². The van der Waals surface area contributed by atoms with Gasteiger partial charge in [-0.25, -0.2) is 4.98 Å². The number of aryl methyl sites for hydroxylation is 1. The number of hydrogen-bond donors (Lipinski definition) is 2. The summed E-state index contributed by atoms with van der Waals surface area (Å²) in [6.07, 6.45) is 0. The zero-order valence-corrected chi connectivity index (χ0v) is 16.1. The van der Waals surface area contributed by atoms with Gasteiger partial charge in [0, 0.05) is 17.3 Å². The Kier molecular flexibility index (Phi) is 5.34. The molecule has 0 aliphatic heterocycles. The quantitative estimate of drug-likeness (QED) is 0.665. The van der Waals surface area contributed by atoms with E-state index in [-0.39, 0.29) is 11.0 Å². The minimum absolute atomic E-state index is 0.197. The molecule has 1 heterocycles. The van der Waals surface area contributed by atoms with Gasteiger partial charge in [-0.15, -0.1) is 11.3 Å². The van der Waals surface area contributed by atoms with Crippen molar-refractivity contribution in [3.63, 3.8) is 0 Å². The molecule has 0 bridgehead atoms. The van der Waals surface area contributed by atoms with Crippen molar-refractivity contribution >= 4 is 50.5 Å². The molecule has 26 heavy (non-hydrogen) atoms. The van der Waals surface area contributed by atoms with E-state index in [0.717, 1.165) is 20.9 Å². The minimum Gasteiger partial charge on any atom is -0.497 e. The first-order valence-electron chi connectivity index (χ1n) is 7.71. The summed E-state index contributed by atoms with van der Waals surface area (Å²) in [6, 6.07) is 10.7. The number of amides is 1. The van der Waals surface area contributed by atoms with Gasteiger partial charge in [0.1, 0.15) is 11.5 Å². The van der Waals surface area contributed by atoms with Crippen LogP contribution in [0.3, 0.4) is 0 Å². The largest absolute Gasteiger partial charge is 0.497 e. The lowest BCUT2D eigenvalue weighted by Gasteiger charge is -2.11. The zero-order chi connectivity index (χ0) is 18.7. The summed E-state index contributed by atoms with van der Waals surface area (Å²) >= 11 is 6.87. The molecule has 0 spiro atoms. The van der Waals surface area contributed by atoms with Crippen molar-refractivity contribution in [3.05, 3.63) is 47.0 Å². The molecule has 0 saturated carbocycles. The lowest BCUT2D eigenvalue weighted by molar-refractivity contribution is 0.0977. The van der Waals surface area contributed by atoms with Crippen molar-refractivity contribution in [1.29, 1.82) is 0 Å². The number of fused-ring (bicyclic) bond motifs is 1. The second-order valence-corrected chi connectivity index (χ2v) is 7.07. The molecule has 8 heteroatoms. The van der Waals surface area contributed by atoms with E-state index in [9.17, 15) is 4.79 Å². The van der Waals surface area contributed by atoms with Crippen molar-refractivity contribution in [2.24, 2.45) is 0 Å². The van der Waals surface area contributed by atoms with Crippen molar-refractivity contribution in [3.8, 4) is 11.5 Å². The third-order valence-electron chi connectivity index (χ3n) is 3.59. The molecule has 2 N–H and O–H groups in total. The number of methoxy groups -OCH3 is 2. The second-order valence-electron chi connectivity index (χ2n) is 5.42. The Balaban J connectivity index is 1.71. The predicted octanol–water partition coefficient (Wildman–Crippen LogP) is 3.75. The Bertz CT molecular complexity index is 963. The van der Waals surface area contributed by atoms with Crippen LogP contribution in [0.2, 0.25) is 0 Å². The minimum atomic E-state index is -0.356. The molecular weight excluding hydrogens is 370 g/mol. The van der Waals surface area contributed by atoms with Crippen molar-refractivity contribution < 1.29 is 14.3 Å². The number of carbonyl (C=O) groups excluding carboxylic acids is 1. The van der Waals surface area contributed by atoms with Gasteiger partial charge in [0.05, 0.1) is 29.4 Å². The SMILES string of the molecule is COc1cc(OC)cc(C(=O)NC(=S)Nc2ccc3sc(C)nc3c2)c1. The van der Waals surface area contributed by atoms with Gasteiger partial charge in [-0.05, 0) is 49.5 Å². The summed E-state index contributed by atoms with van der Waals surface area (Å²) in [6.45, 7) is 1.96. The van der Waals surface area contributed by atoms with Crippen LogP contribution in [0.25, 0.3) is 10.2 Å². The summed E-state index contributed by atoms with van der Waals surface area (Å²) in [7, 11) is 3.05. The molecule has 3 aromatic rings. The topological polar surface area (TPSA) is 72.5 Å². The molecule has 6 nitrogen and oxygen atoms in total. The molecule has 0 atom stereocenters. The lowest BCUT2D eigenvalue weighted by Crippen LogP contribution is -2.34. The highest BCUT2D eigenvalue weighted by Gasteiger charge is 2.12. The molecule has 2 aromatic carbocycles. The number of benzene rings is 2. The summed E-state index contributed by atoms with van der Waals surface area (Å²) in [5, 5.41) is 6.85. The van der Waals surface area contributed by atoms with Gasteiger partial charge in [-0.2, -0.15) is 0 Å². The fourth-order valence-corrected chi connectivity index (χ4v) is 3.41. The van der Waals surface area contributed by atoms with Crippen molar-refractivity contribution in [2.45, 2.75) is 6.92 Å². The van der Waals surface area contributed by atoms with E-state index >= 15 is 0 Å². The number of thiocarbonyl (C=S) groups is 1. The average molecular weight is 387 g/mol. The lowest BCUT2D eigenvalue weighted by atomic mass is 10.2. The summed E-state index contributed by atoms with van der Waals surface area (Å²) in [4.78, 5) is 16.9. The zero-order valence-electron chi connectivity index (χ0n) is 14.5. The van der Waals surface area contributed by atoms with Crippen LogP contribution in [-0.4, -0.2) is 30.2 Å². The fraction of sp³-hybridized carbons (Fsp3) is 0.167. The molecule has 3 rings (SSSR count). The number of aromatic nitrogens is 1. The number of hydrogen-bond acceptors (Lipinski definition) is 6. The Morgan fingerprint density at radius 2 is 1.81 bits per heavy atom. The molecule has 1 aromatic heterocycles. The first-order valence-corrected chi connectivity index (χ1v) is 8.93. The van der Waals surface area contributed by atoms with Crippen LogP contribution in [0.4, 0.5) is 5.69 Å². The van der Waals surface area contributed by atoms with Gasteiger partial charge in [0.25, 0.3) is 5.91 Å². The molecule has 0 aliphatic carbocycles. The molecule has 1 amide bonds. The predicted molar refractivity (Wildman–Crippen MR) is 108 cm³/mol. The number of carbonyl (C=O) groups is 1. The van der Waals surface area contributed by atoms with Crippen LogP contribution in [0.1, 0.15) is 15.4 Å². The highest BCUT2D eigenvalue weighted by Crippen LogP contribution is 2.25. The maximum atomic E-state index is 12.4. The van der Waals surface area contributed by atoms with Gasteiger partial charge in [-0.3, -0.25) is 10.1 Å². The van der Waals surface area contributed by atoms with Gasteiger partial charge in [0.15, 0.2) is 5.11 Å². The molecule has 0 aliphatic rings. The fourth-order valence-electron chi connectivity index (χ4n) is 2.40. The van der Waals surface area contributed by atoms with Gasteiger partial charge >= 0.3 is 0 Å². The standard InChI is InChI=1S/C18H17N3O3S2/c1-10-19-15-8-12(4-5-16(15)26-10)20-18(25)21-17(22)11-6-13(23-2)9-14(7-11)24-3/h4-9H,1-3H3,(H2,20,21,22,25). The van der Waals surface area contributed by atoms with Crippen LogP contribution in [0.5, 0.6) is 11.5 Å². The number of nitrogens with one attached hydrogen (secondary N) is 2. The Labute approximate surface area is 160 Å². The van der Waals surface area contributed by atoms with Crippen LogP contribution < -0.4 is 20.1 Å². The Hall–Kier alpha value is -2.71. The monoisotopic (exact) mass is 387 g/mol. The number of rotatable bonds is 4. The molecule has 0 fully saturated rings.